The predicted octanol–water partition coefficient (Wildman–Crippen LogP) is 2.88. The van der Waals surface area contributed by atoms with Crippen LogP contribution >= 0.6 is 0 Å². The zero-order valence-electron chi connectivity index (χ0n) is 10.5. The summed E-state index contributed by atoms with van der Waals surface area (Å²) in [4.78, 5) is 11.7. The number of carbonyl (C=O) groups excluding carboxylic acids is 1. The maximum Gasteiger partial charge on any atom is 0.204 e. The fourth-order valence-electron chi connectivity index (χ4n) is 2.41. The monoisotopic (exact) mass is 265 g/mol. The average molecular weight is 265 g/mol. The molecule has 98 valence electrons. The minimum atomic E-state index is 0.00976. The SMILES string of the molecule is O=C1COc2c(Nc3n[nH]c4ccccc34)cccc21. The summed E-state index contributed by atoms with van der Waals surface area (Å²) in [6, 6.07) is 13.3. The van der Waals surface area contributed by atoms with Gasteiger partial charge >= 0.3 is 0 Å². The van der Waals surface area contributed by atoms with Gasteiger partial charge in [-0.05, 0) is 24.3 Å². The van der Waals surface area contributed by atoms with Gasteiger partial charge in [0.2, 0.25) is 5.78 Å². The van der Waals surface area contributed by atoms with Crippen molar-refractivity contribution in [2.45, 2.75) is 0 Å². The predicted molar refractivity (Wildman–Crippen MR) is 75.6 cm³/mol. The van der Waals surface area contributed by atoms with Crippen LogP contribution in [0.1, 0.15) is 10.4 Å². The van der Waals surface area contributed by atoms with Crippen LogP contribution in [-0.4, -0.2) is 22.6 Å². The summed E-state index contributed by atoms with van der Waals surface area (Å²) in [5.74, 6) is 1.33. The van der Waals surface area contributed by atoms with Crippen molar-refractivity contribution in [3.05, 3.63) is 48.0 Å². The Balaban J connectivity index is 1.79. The van der Waals surface area contributed by atoms with E-state index in [-0.39, 0.29) is 12.4 Å². The van der Waals surface area contributed by atoms with Gasteiger partial charge in [0.25, 0.3) is 0 Å². The normalized spacial score (nSPS) is 13.3. The first-order valence-corrected chi connectivity index (χ1v) is 6.32. The molecule has 3 aromatic rings. The molecule has 1 aromatic heterocycles. The Kier molecular flexibility index (Phi) is 2.26. The first-order valence-electron chi connectivity index (χ1n) is 6.32. The number of aromatic nitrogens is 2. The van der Waals surface area contributed by atoms with Crippen molar-refractivity contribution < 1.29 is 9.53 Å². The molecule has 2 N–H and O–H groups in total. The summed E-state index contributed by atoms with van der Waals surface area (Å²) < 4.78 is 5.45. The number of carbonyl (C=O) groups is 1. The maximum absolute atomic E-state index is 11.7. The molecule has 0 spiro atoms. The second-order valence-corrected chi connectivity index (χ2v) is 4.64. The fraction of sp³-hybridized carbons (Fsp3) is 0.0667. The van der Waals surface area contributed by atoms with Crippen molar-refractivity contribution in [1.29, 1.82) is 0 Å². The van der Waals surface area contributed by atoms with Gasteiger partial charge in [-0.1, -0.05) is 18.2 Å². The number of Topliss-reactive ketones (excluding diaryl/α,β-unsaturated/α-hetero) is 1. The van der Waals surface area contributed by atoms with E-state index in [0.29, 0.717) is 11.3 Å². The van der Waals surface area contributed by atoms with Crippen LogP contribution in [-0.2, 0) is 0 Å². The number of nitrogens with zero attached hydrogens (tertiary/aromatic N) is 1. The summed E-state index contributed by atoms with van der Waals surface area (Å²) in [5, 5.41) is 11.4. The number of rotatable bonds is 2. The Hall–Kier alpha value is -2.82. The molecule has 2 heterocycles. The van der Waals surface area contributed by atoms with Crippen LogP contribution in [0.5, 0.6) is 5.75 Å². The number of anilines is 2. The Labute approximate surface area is 114 Å². The van der Waals surface area contributed by atoms with Crippen LogP contribution in [0.3, 0.4) is 0 Å². The highest BCUT2D eigenvalue weighted by Gasteiger charge is 2.24. The lowest BCUT2D eigenvalue weighted by Crippen LogP contribution is -1.98. The lowest BCUT2D eigenvalue weighted by Gasteiger charge is -2.08. The van der Waals surface area contributed by atoms with Gasteiger partial charge in [-0.25, -0.2) is 0 Å². The minimum absolute atomic E-state index is 0.00976. The Morgan fingerprint density at radius 3 is 3.00 bits per heavy atom. The quantitative estimate of drug-likeness (QED) is 0.747. The van der Waals surface area contributed by atoms with Crippen LogP contribution in [0, 0.1) is 0 Å². The Morgan fingerprint density at radius 1 is 1.15 bits per heavy atom. The first kappa shape index (κ1) is 11.0. The zero-order chi connectivity index (χ0) is 13.5. The van der Waals surface area contributed by atoms with Gasteiger partial charge in [-0.3, -0.25) is 9.89 Å². The average Bonchev–Trinajstić information content (AvgIpc) is 3.05. The largest absolute Gasteiger partial charge is 0.482 e. The molecule has 2 aromatic carbocycles. The Bertz CT molecular complexity index is 823. The van der Waals surface area contributed by atoms with Gasteiger partial charge in [-0.15, -0.1) is 0 Å². The lowest BCUT2D eigenvalue weighted by atomic mass is 10.1. The second-order valence-electron chi connectivity index (χ2n) is 4.64. The summed E-state index contributed by atoms with van der Waals surface area (Å²) in [6.45, 7) is 0.106. The smallest absolute Gasteiger partial charge is 0.204 e. The molecule has 5 nitrogen and oxygen atoms in total. The van der Waals surface area contributed by atoms with Gasteiger partial charge < -0.3 is 10.1 Å². The molecule has 0 radical (unpaired) electrons. The highest BCUT2D eigenvalue weighted by molar-refractivity contribution is 6.04. The molecule has 0 amide bonds. The number of H-pyrrole nitrogens is 1. The summed E-state index contributed by atoms with van der Waals surface area (Å²) in [6.07, 6.45) is 0. The van der Waals surface area contributed by atoms with Gasteiger partial charge in [0.05, 0.1) is 16.8 Å². The van der Waals surface area contributed by atoms with E-state index in [1.165, 1.54) is 0 Å². The second kappa shape index (κ2) is 4.09. The number of hydrogen-bond acceptors (Lipinski definition) is 4. The molecule has 0 saturated heterocycles. The van der Waals surface area contributed by atoms with Crippen molar-refractivity contribution >= 4 is 28.2 Å². The number of hydrogen-bond donors (Lipinski definition) is 2. The van der Waals surface area contributed by atoms with E-state index >= 15 is 0 Å². The number of aromatic amines is 1. The van der Waals surface area contributed by atoms with Crippen LogP contribution in [0.15, 0.2) is 42.5 Å². The van der Waals surface area contributed by atoms with E-state index in [1.54, 1.807) is 6.07 Å². The van der Waals surface area contributed by atoms with Crippen LogP contribution in [0.2, 0.25) is 0 Å². The van der Waals surface area contributed by atoms with Crippen LogP contribution < -0.4 is 10.1 Å². The van der Waals surface area contributed by atoms with Crippen LogP contribution in [0.25, 0.3) is 10.9 Å². The van der Waals surface area contributed by atoms with E-state index in [9.17, 15) is 4.79 Å². The number of benzene rings is 2. The Morgan fingerprint density at radius 2 is 2.05 bits per heavy atom. The first-order chi connectivity index (χ1) is 9.83. The zero-order valence-corrected chi connectivity index (χ0v) is 10.5. The van der Waals surface area contributed by atoms with E-state index in [2.05, 4.69) is 15.5 Å². The van der Waals surface area contributed by atoms with E-state index in [4.69, 9.17) is 4.74 Å². The molecule has 0 saturated carbocycles. The molecule has 5 heteroatoms. The highest BCUT2D eigenvalue weighted by Crippen LogP contribution is 2.36. The summed E-state index contributed by atoms with van der Waals surface area (Å²) in [7, 11) is 0. The van der Waals surface area contributed by atoms with Gasteiger partial charge in [-0.2, -0.15) is 5.10 Å². The van der Waals surface area contributed by atoms with Crippen molar-refractivity contribution in [2.75, 3.05) is 11.9 Å². The molecule has 1 aliphatic rings. The van der Waals surface area contributed by atoms with Gasteiger partial charge in [0.15, 0.2) is 18.2 Å². The van der Waals surface area contributed by atoms with Crippen LogP contribution in [0.4, 0.5) is 11.5 Å². The maximum atomic E-state index is 11.7. The molecule has 1 aliphatic heterocycles. The van der Waals surface area contributed by atoms with Gasteiger partial charge in [0.1, 0.15) is 0 Å². The number of ether oxygens (including phenoxy) is 1. The highest BCUT2D eigenvalue weighted by atomic mass is 16.5. The third-order valence-electron chi connectivity index (χ3n) is 3.39. The van der Waals surface area contributed by atoms with E-state index in [1.807, 2.05) is 36.4 Å². The lowest BCUT2D eigenvalue weighted by molar-refractivity contribution is 0.0961. The molecule has 0 aliphatic carbocycles. The van der Waals surface area contributed by atoms with Crippen molar-refractivity contribution in [3.63, 3.8) is 0 Å². The molecule has 20 heavy (non-hydrogen) atoms. The number of fused-ring (bicyclic) bond motifs is 2. The fourth-order valence-corrected chi connectivity index (χ4v) is 2.41. The third kappa shape index (κ3) is 1.56. The molecular formula is C15H11N3O2. The van der Waals surface area contributed by atoms with Crippen molar-refractivity contribution in [1.82, 2.24) is 10.2 Å². The van der Waals surface area contributed by atoms with Gasteiger partial charge in [0, 0.05) is 5.39 Å². The molecular weight excluding hydrogens is 254 g/mol. The number of nitrogens with one attached hydrogen (secondary N) is 2. The summed E-state index contributed by atoms with van der Waals surface area (Å²) in [5.41, 5.74) is 2.33. The number of ketones is 1. The third-order valence-corrected chi connectivity index (χ3v) is 3.39. The standard InChI is InChI=1S/C15H11N3O2/c19-13-8-20-14-10(13)5-3-7-12(14)16-15-9-4-1-2-6-11(9)17-18-15/h1-7H,8H2,(H2,16,17,18). The van der Waals surface area contributed by atoms with Crippen molar-refractivity contribution in [3.8, 4) is 5.75 Å². The molecule has 0 fully saturated rings. The molecule has 4 rings (SSSR count). The minimum Gasteiger partial charge on any atom is -0.482 e. The number of para-hydroxylation sites is 2. The van der Waals surface area contributed by atoms with E-state index in [0.717, 1.165) is 22.4 Å². The molecule has 0 bridgehead atoms. The van der Waals surface area contributed by atoms with E-state index < -0.39 is 0 Å². The molecule has 0 atom stereocenters. The van der Waals surface area contributed by atoms with Crippen molar-refractivity contribution in [2.24, 2.45) is 0 Å². The topological polar surface area (TPSA) is 67.0 Å². The summed E-state index contributed by atoms with van der Waals surface area (Å²) >= 11 is 0. The molecule has 0 unspecified atom stereocenters.